The van der Waals surface area contributed by atoms with E-state index in [-0.39, 0.29) is 17.9 Å². The summed E-state index contributed by atoms with van der Waals surface area (Å²) in [4.78, 5) is 27.6. The third-order valence-electron chi connectivity index (χ3n) is 6.47. The number of hydrogen-bond acceptors (Lipinski definition) is 6. The third kappa shape index (κ3) is 5.48. The van der Waals surface area contributed by atoms with E-state index < -0.39 is 0 Å². The maximum absolute atomic E-state index is 13.1. The second kappa shape index (κ2) is 10.6. The van der Waals surface area contributed by atoms with Crippen molar-refractivity contribution in [2.75, 3.05) is 20.2 Å². The van der Waals surface area contributed by atoms with Gasteiger partial charge in [0.25, 0.3) is 11.8 Å². The number of rotatable bonds is 7. The second-order valence-electron chi connectivity index (χ2n) is 8.81. The zero-order valence-electron chi connectivity index (χ0n) is 20.6. The van der Waals surface area contributed by atoms with Crippen LogP contribution in [0, 0.1) is 20.8 Å². The number of hydrogen-bond donors (Lipinski definition) is 1. The maximum Gasteiger partial charge on any atom is 0.253 e. The Morgan fingerprint density at radius 2 is 1.83 bits per heavy atom. The van der Waals surface area contributed by atoms with Gasteiger partial charge < -0.3 is 24.2 Å². The van der Waals surface area contributed by atoms with Crippen molar-refractivity contribution in [3.8, 4) is 11.5 Å². The molecular formula is C27H31N3O5. The molecule has 4 rings (SSSR count). The van der Waals surface area contributed by atoms with Crippen molar-refractivity contribution in [3.05, 3.63) is 76.2 Å². The van der Waals surface area contributed by atoms with E-state index in [2.05, 4.69) is 10.5 Å². The van der Waals surface area contributed by atoms with Crippen molar-refractivity contribution in [3.63, 3.8) is 0 Å². The van der Waals surface area contributed by atoms with Crippen molar-refractivity contribution in [2.45, 2.75) is 46.3 Å². The predicted molar refractivity (Wildman–Crippen MR) is 131 cm³/mol. The number of aryl methyl sites for hydroxylation is 3. The second-order valence-corrected chi connectivity index (χ2v) is 8.81. The van der Waals surface area contributed by atoms with E-state index in [0.717, 1.165) is 16.8 Å². The van der Waals surface area contributed by atoms with Crippen molar-refractivity contribution >= 4 is 11.8 Å². The van der Waals surface area contributed by atoms with E-state index in [4.69, 9.17) is 14.0 Å². The Bertz CT molecular complexity index is 1190. The van der Waals surface area contributed by atoms with E-state index in [0.29, 0.717) is 60.9 Å². The van der Waals surface area contributed by atoms with Gasteiger partial charge in [-0.15, -0.1) is 0 Å². The molecule has 0 spiro atoms. The van der Waals surface area contributed by atoms with Crippen LogP contribution in [0.1, 0.15) is 56.1 Å². The number of aromatic nitrogens is 1. The van der Waals surface area contributed by atoms with Crippen molar-refractivity contribution in [2.24, 2.45) is 0 Å². The molecule has 0 aliphatic carbocycles. The Balaban J connectivity index is 1.34. The molecule has 0 saturated carbocycles. The first-order chi connectivity index (χ1) is 16.9. The number of ether oxygens (including phenoxy) is 2. The summed E-state index contributed by atoms with van der Waals surface area (Å²) in [6.45, 7) is 7.08. The number of benzene rings is 2. The standard InChI is InChI=1S/C27H31N3O5/c1-17-7-5-6-8-22(17)26(31)28-21-11-13-30(14-12-21)27(32)20-9-10-24(25(15-20)33-4)34-16-23-18(2)29-35-19(23)3/h5-10,15,21H,11-14,16H2,1-4H3,(H,28,31). The molecule has 0 radical (unpaired) electrons. The van der Waals surface area contributed by atoms with Gasteiger partial charge in [-0.2, -0.15) is 0 Å². The lowest BCUT2D eigenvalue weighted by Crippen LogP contribution is -2.46. The molecule has 1 saturated heterocycles. The molecule has 1 aromatic heterocycles. The number of piperidine rings is 1. The summed E-state index contributed by atoms with van der Waals surface area (Å²) in [5.74, 6) is 1.62. The number of carbonyl (C=O) groups excluding carboxylic acids is 2. The summed E-state index contributed by atoms with van der Waals surface area (Å²) in [6, 6.07) is 12.8. The lowest BCUT2D eigenvalue weighted by atomic mass is 10.0. The van der Waals surface area contributed by atoms with Crippen LogP contribution in [-0.4, -0.2) is 48.1 Å². The highest BCUT2D eigenvalue weighted by atomic mass is 16.5. The molecule has 8 nitrogen and oxygen atoms in total. The summed E-state index contributed by atoms with van der Waals surface area (Å²) in [7, 11) is 1.55. The average molecular weight is 478 g/mol. The van der Waals surface area contributed by atoms with Crippen LogP contribution in [0.25, 0.3) is 0 Å². The maximum atomic E-state index is 13.1. The zero-order valence-corrected chi connectivity index (χ0v) is 20.6. The van der Waals surface area contributed by atoms with Gasteiger partial charge in [0.1, 0.15) is 12.4 Å². The SMILES string of the molecule is COc1cc(C(=O)N2CCC(NC(=O)c3ccccc3C)CC2)ccc1OCc1c(C)noc1C. The van der Waals surface area contributed by atoms with Crippen LogP contribution < -0.4 is 14.8 Å². The van der Waals surface area contributed by atoms with Gasteiger partial charge >= 0.3 is 0 Å². The van der Waals surface area contributed by atoms with Crippen LogP contribution in [0.4, 0.5) is 0 Å². The number of nitrogens with zero attached hydrogens (tertiary/aromatic N) is 2. The largest absolute Gasteiger partial charge is 0.493 e. The topological polar surface area (TPSA) is 93.9 Å². The quantitative estimate of drug-likeness (QED) is 0.548. The first-order valence-electron chi connectivity index (χ1n) is 11.8. The molecule has 1 fully saturated rings. The fourth-order valence-corrected chi connectivity index (χ4v) is 4.28. The fourth-order valence-electron chi connectivity index (χ4n) is 4.28. The van der Waals surface area contributed by atoms with Crippen LogP contribution >= 0.6 is 0 Å². The Kier molecular flexibility index (Phi) is 7.39. The lowest BCUT2D eigenvalue weighted by molar-refractivity contribution is 0.0697. The molecule has 1 aliphatic heterocycles. The third-order valence-corrected chi connectivity index (χ3v) is 6.47. The molecule has 0 unspecified atom stereocenters. The molecule has 35 heavy (non-hydrogen) atoms. The van der Waals surface area contributed by atoms with E-state index >= 15 is 0 Å². The van der Waals surface area contributed by atoms with Crippen molar-refractivity contribution < 1.29 is 23.6 Å². The van der Waals surface area contributed by atoms with Gasteiger partial charge in [-0.1, -0.05) is 23.4 Å². The van der Waals surface area contributed by atoms with Gasteiger partial charge in [-0.3, -0.25) is 9.59 Å². The van der Waals surface area contributed by atoms with Gasteiger partial charge in [0.05, 0.1) is 18.4 Å². The zero-order chi connectivity index (χ0) is 24.9. The highest BCUT2D eigenvalue weighted by molar-refractivity contribution is 5.96. The molecule has 2 amide bonds. The van der Waals surface area contributed by atoms with Gasteiger partial charge in [-0.05, 0) is 63.4 Å². The van der Waals surface area contributed by atoms with Crippen LogP contribution in [0.3, 0.4) is 0 Å². The molecular weight excluding hydrogens is 446 g/mol. The number of likely N-dealkylation sites (tertiary alicyclic amines) is 1. The first kappa shape index (κ1) is 24.3. The van der Waals surface area contributed by atoms with Gasteiger partial charge in [0.2, 0.25) is 0 Å². The monoisotopic (exact) mass is 477 g/mol. The van der Waals surface area contributed by atoms with Crippen LogP contribution in [-0.2, 0) is 6.61 Å². The van der Waals surface area contributed by atoms with E-state index in [1.54, 1.807) is 25.3 Å². The molecule has 3 aromatic rings. The van der Waals surface area contributed by atoms with Gasteiger partial charge in [0.15, 0.2) is 11.5 Å². The molecule has 2 aromatic carbocycles. The average Bonchev–Trinajstić information content (AvgIpc) is 3.19. The van der Waals surface area contributed by atoms with Gasteiger partial charge in [0, 0.05) is 30.3 Å². The number of carbonyl (C=O) groups is 2. The van der Waals surface area contributed by atoms with E-state index in [1.807, 2.05) is 49.9 Å². The minimum absolute atomic E-state index is 0.0424. The summed E-state index contributed by atoms with van der Waals surface area (Å²) in [5.41, 5.74) is 3.85. The van der Waals surface area contributed by atoms with Crippen molar-refractivity contribution in [1.82, 2.24) is 15.4 Å². The van der Waals surface area contributed by atoms with Gasteiger partial charge in [-0.25, -0.2) is 0 Å². The molecule has 2 heterocycles. The molecule has 0 atom stereocenters. The van der Waals surface area contributed by atoms with E-state index in [9.17, 15) is 9.59 Å². The molecule has 184 valence electrons. The Hall–Kier alpha value is -3.81. The van der Waals surface area contributed by atoms with Crippen molar-refractivity contribution in [1.29, 1.82) is 0 Å². The number of amides is 2. The Morgan fingerprint density at radius 1 is 1.09 bits per heavy atom. The minimum Gasteiger partial charge on any atom is -0.493 e. The lowest BCUT2D eigenvalue weighted by Gasteiger charge is -2.32. The predicted octanol–water partition coefficient (Wildman–Crippen LogP) is 4.22. The molecule has 1 N–H and O–H groups in total. The van der Waals surface area contributed by atoms with E-state index in [1.165, 1.54) is 0 Å². The van der Waals surface area contributed by atoms with Crippen LogP contribution in [0.15, 0.2) is 47.0 Å². The highest BCUT2D eigenvalue weighted by Crippen LogP contribution is 2.30. The molecule has 0 bridgehead atoms. The Morgan fingerprint density at radius 3 is 2.49 bits per heavy atom. The number of methoxy groups -OCH3 is 1. The minimum atomic E-state index is -0.0655. The summed E-state index contributed by atoms with van der Waals surface area (Å²) < 4.78 is 16.6. The smallest absolute Gasteiger partial charge is 0.253 e. The fraction of sp³-hybridized carbons (Fsp3) is 0.370. The molecule has 1 aliphatic rings. The molecule has 8 heteroatoms. The first-order valence-corrected chi connectivity index (χ1v) is 11.8. The normalized spacial score (nSPS) is 14.0. The summed E-state index contributed by atoms with van der Waals surface area (Å²) in [6.07, 6.45) is 1.41. The highest BCUT2D eigenvalue weighted by Gasteiger charge is 2.26. The summed E-state index contributed by atoms with van der Waals surface area (Å²) >= 11 is 0. The number of nitrogens with one attached hydrogen (secondary N) is 1. The van der Waals surface area contributed by atoms with Crippen LogP contribution in [0.2, 0.25) is 0 Å². The Labute approximate surface area is 205 Å². The summed E-state index contributed by atoms with van der Waals surface area (Å²) in [5, 5.41) is 7.05. The van der Waals surface area contributed by atoms with Crippen LogP contribution in [0.5, 0.6) is 11.5 Å².